The number of hydrogen-bond donors (Lipinski definition) is 1. The number of H-pyrrole nitrogens is 1. The molecule has 3 rings (SSSR count). The van der Waals surface area contributed by atoms with Crippen LogP contribution < -0.4 is 0 Å². The molecule has 7 heteroatoms. The molecule has 1 atom stereocenters. The SMILES string of the molecule is Cc1ccn(CCC(=O)N2CCOCC2c2ccn[nH]2)n1. The number of morpholine rings is 1. The third-order valence-electron chi connectivity index (χ3n) is 3.66. The van der Waals surface area contributed by atoms with Crippen molar-refractivity contribution >= 4 is 5.91 Å². The van der Waals surface area contributed by atoms with Gasteiger partial charge in [0.25, 0.3) is 0 Å². The average Bonchev–Trinajstić information content (AvgIpc) is 3.16. The maximum absolute atomic E-state index is 12.5. The Hall–Kier alpha value is -2.15. The van der Waals surface area contributed by atoms with Crippen molar-refractivity contribution in [3.63, 3.8) is 0 Å². The van der Waals surface area contributed by atoms with Crippen LogP contribution in [0.25, 0.3) is 0 Å². The lowest BCUT2D eigenvalue weighted by molar-refractivity contribution is -0.140. The Morgan fingerprint density at radius 3 is 3.14 bits per heavy atom. The van der Waals surface area contributed by atoms with Crippen LogP contribution in [0.4, 0.5) is 0 Å². The highest BCUT2D eigenvalue weighted by Crippen LogP contribution is 2.23. The Labute approximate surface area is 122 Å². The highest BCUT2D eigenvalue weighted by atomic mass is 16.5. The van der Waals surface area contributed by atoms with Gasteiger partial charge in [-0.05, 0) is 19.1 Å². The molecular formula is C14H19N5O2. The van der Waals surface area contributed by atoms with E-state index in [0.717, 1.165) is 11.4 Å². The summed E-state index contributed by atoms with van der Waals surface area (Å²) >= 11 is 0. The Morgan fingerprint density at radius 1 is 1.52 bits per heavy atom. The van der Waals surface area contributed by atoms with Crippen LogP contribution in [0.2, 0.25) is 0 Å². The molecule has 0 spiro atoms. The fourth-order valence-corrected chi connectivity index (χ4v) is 2.55. The first-order valence-corrected chi connectivity index (χ1v) is 7.10. The summed E-state index contributed by atoms with van der Waals surface area (Å²) in [7, 11) is 0. The molecule has 21 heavy (non-hydrogen) atoms. The van der Waals surface area contributed by atoms with Crippen molar-refractivity contribution in [2.75, 3.05) is 19.8 Å². The second-order valence-electron chi connectivity index (χ2n) is 5.16. The first-order chi connectivity index (χ1) is 10.2. The fraction of sp³-hybridized carbons (Fsp3) is 0.500. The number of amides is 1. The smallest absolute Gasteiger partial charge is 0.225 e. The molecule has 2 aromatic rings. The number of aryl methyl sites for hydroxylation is 2. The Balaban J connectivity index is 1.64. The van der Waals surface area contributed by atoms with Crippen LogP contribution in [-0.4, -0.2) is 50.5 Å². The van der Waals surface area contributed by atoms with E-state index in [-0.39, 0.29) is 11.9 Å². The lowest BCUT2D eigenvalue weighted by Crippen LogP contribution is -2.43. The zero-order valence-corrected chi connectivity index (χ0v) is 12.0. The summed E-state index contributed by atoms with van der Waals surface area (Å²) < 4.78 is 7.30. The summed E-state index contributed by atoms with van der Waals surface area (Å²) in [6.45, 7) is 4.24. The fourth-order valence-electron chi connectivity index (χ4n) is 2.55. The van der Waals surface area contributed by atoms with Crippen molar-refractivity contribution in [2.24, 2.45) is 0 Å². The summed E-state index contributed by atoms with van der Waals surface area (Å²) in [5.74, 6) is 0.117. The van der Waals surface area contributed by atoms with Crippen molar-refractivity contribution in [3.8, 4) is 0 Å². The minimum Gasteiger partial charge on any atom is -0.377 e. The Bertz CT molecular complexity index is 592. The summed E-state index contributed by atoms with van der Waals surface area (Å²) in [6.07, 6.45) is 4.03. The van der Waals surface area contributed by atoms with Gasteiger partial charge in [-0.1, -0.05) is 0 Å². The summed E-state index contributed by atoms with van der Waals surface area (Å²) in [4.78, 5) is 14.3. The zero-order chi connectivity index (χ0) is 14.7. The molecule has 1 amide bonds. The molecule has 3 heterocycles. The molecule has 2 aromatic heterocycles. The monoisotopic (exact) mass is 289 g/mol. The summed E-state index contributed by atoms with van der Waals surface area (Å²) in [6, 6.07) is 3.75. The van der Waals surface area contributed by atoms with Gasteiger partial charge >= 0.3 is 0 Å². The second-order valence-corrected chi connectivity index (χ2v) is 5.16. The van der Waals surface area contributed by atoms with E-state index < -0.39 is 0 Å². The molecule has 0 saturated carbocycles. The number of hydrogen-bond acceptors (Lipinski definition) is 4. The van der Waals surface area contributed by atoms with Crippen LogP contribution in [0.1, 0.15) is 23.9 Å². The number of nitrogens with zero attached hydrogens (tertiary/aromatic N) is 4. The standard InChI is InChI=1S/C14H19N5O2/c1-11-3-6-18(17-11)7-4-14(20)19-8-9-21-10-13(19)12-2-5-15-16-12/h2-3,5-6,13H,4,7-10H2,1H3,(H,15,16). The molecular weight excluding hydrogens is 270 g/mol. The maximum atomic E-state index is 12.5. The van der Waals surface area contributed by atoms with Crippen molar-refractivity contribution < 1.29 is 9.53 Å². The number of nitrogens with one attached hydrogen (secondary N) is 1. The van der Waals surface area contributed by atoms with Gasteiger partial charge in [0.2, 0.25) is 5.91 Å². The first-order valence-electron chi connectivity index (χ1n) is 7.10. The number of carbonyl (C=O) groups excluding carboxylic acids is 1. The summed E-state index contributed by atoms with van der Waals surface area (Å²) in [5, 5.41) is 11.2. The lowest BCUT2D eigenvalue weighted by atomic mass is 10.1. The Kier molecular flexibility index (Phi) is 4.01. The quantitative estimate of drug-likeness (QED) is 0.907. The lowest BCUT2D eigenvalue weighted by Gasteiger charge is -2.35. The van der Waals surface area contributed by atoms with Crippen LogP contribution in [0.15, 0.2) is 24.5 Å². The van der Waals surface area contributed by atoms with Crippen LogP contribution >= 0.6 is 0 Å². The number of aromatic amines is 1. The highest BCUT2D eigenvalue weighted by Gasteiger charge is 2.29. The zero-order valence-electron chi connectivity index (χ0n) is 12.0. The third kappa shape index (κ3) is 3.13. The van der Waals surface area contributed by atoms with Gasteiger partial charge in [-0.2, -0.15) is 10.2 Å². The van der Waals surface area contributed by atoms with Gasteiger partial charge in [0.05, 0.1) is 30.6 Å². The van der Waals surface area contributed by atoms with Gasteiger partial charge in [-0.25, -0.2) is 0 Å². The predicted molar refractivity (Wildman–Crippen MR) is 75.4 cm³/mol. The number of rotatable bonds is 4. The highest BCUT2D eigenvalue weighted by molar-refractivity contribution is 5.76. The molecule has 1 aliphatic heterocycles. The van der Waals surface area contributed by atoms with E-state index in [1.165, 1.54) is 0 Å². The van der Waals surface area contributed by atoms with Crippen LogP contribution in [0.3, 0.4) is 0 Å². The minimum absolute atomic E-state index is 0.0758. The molecule has 0 aliphatic carbocycles. The van der Waals surface area contributed by atoms with Gasteiger partial charge in [-0.3, -0.25) is 14.6 Å². The van der Waals surface area contributed by atoms with Gasteiger partial charge in [-0.15, -0.1) is 0 Å². The molecule has 1 aliphatic rings. The van der Waals surface area contributed by atoms with E-state index in [4.69, 9.17) is 4.74 Å². The minimum atomic E-state index is -0.0758. The van der Waals surface area contributed by atoms with Gasteiger partial charge in [0.15, 0.2) is 0 Å². The van der Waals surface area contributed by atoms with E-state index in [1.54, 1.807) is 10.9 Å². The van der Waals surface area contributed by atoms with Gasteiger partial charge in [0, 0.05) is 31.9 Å². The molecule has 7 nitrogen and oxygen atoms in total. The average molecular weight is 289 g/mol. The van der Waals surface area contributed by atoms with Crippen molar-refractivity contribution in [2.45, 2.75) is 25.9 Å². The second kappa shape index (κ2) is 6.09. The van der Waals surface area contributed by atoms with E-state index in [0.29, 0.717) is 32.7 Å². The molecule has 0 radical (unpaired) electrons. The van der Waals surface area contributed by atoms with Crippen molar-refractivity contribution in [3.05, 3.63) is 35.9 Å². The van der Waals surface area contributed by atoms with E-state index in [9.17, 15) is 4.79 Å². The normalized spacial score (nSPS) is 18.9. The topological polar surface area (TPSA) is 76.0 Å². The molecule has 0 aromatic carbocycles. The first kappa shape index (κ1) is 13.8. The molecule has 1 saturated heterocycles. The van der Waals surface area contributed by atoms with E-state index >= 15 is 0 Å². The van der Waals surface area contributed by atoms with Crippen molar-refractivity contribution in [1.29, 1.82) is 0 Å². The van der Waals surface area contributed by atoms with Gasteiger partial charge in [0.1, 0.15) is 0 Å². The molecule has 0 bridgehead atoms. The van der Waals surface area contributed by atoms with E-state index in [2.05, 4.69) is 15.3 Å². The van der Waals surface area contributed by atoms with Crippen LogP contribution in [0.5, 0.6) is 0 Å². The van der Waals surface area contributed by atoms with E-state index in [1.807, 2.05) is 30.2 Å². The largest absolute Gasteiger partial charge is 0.377 e. The number of ether oxygens (including phenoxy) is 1. The molecule has 1 fully saturated rings. The predicted octanol–water partition coefficient (Wildman–Crippen LogP) is 0.905. The third-order valence-corrected chi connectivity index (χ3v) is 3.66. The van der Waals surface area contributed by atoms with Crippen LogP contribution in [-0.2, 0) is 16.1 Å². The number of aromatic nitrogens is 4. The maximum Gasteiger partial charge on any atom is 0.225 e. The molecule has 1 unspecified atom stereocenters. The number of carbonyl (C=O) groups is 1. The summed E-state index contributed by atoms with van der Waals surface area (Å²) in [5.41, 5.74) is 1.88. The molecule has 1 N–H and O–H groups in total. The Morgan fingerprint density at radius 2 is 2.43 bits per heavy atom. The van der Waals surface area contributed by atoms with Gasteiger partial charge < -0.3 is 9.64 Å². The molecule has 112 valence electrons. The van der Waals surface area contributed by atoms with Crippen molar-refractivity contribution in [1.82, 2.24) is 24.9 Å². The van der Waals surface area contributed by atoms with Crippen LogP contribution in [0, 0.1) is 6.92 Å².